The minimum absolute atomic E-state index is 0.0210. The van der Waals surface area contributed by atoms with Crippen molar-refractivity contribution < 1.29 is 14.7 Å². The molecule has 1 atom stereocenters. The Bertz CT molecular complexity index is 290. The Labute approximate surface area is 109 Å². The van der Waals surface area contributed by atoms with Crippen molar-refractivity contribution in [2.45, 2.75) is 39.0 Å². The zero-order chi connectivity index (χ0) is 13.5. The van der Waals surface area contributed by atoms with E-state index in [0.29, 0.717) is 24.8 Å². The molecule has 2 N–H and O–H groups in total. The Morgan fingerprint density at radius 3 is 2.61 bits per heavy atom. The Hall–Kier alpha value is -1.26. The molecule has 0 aromatic rings. The van der Waals surface area contributed by atoms with E-state index in [1.807, 2.05) is 14.0 Å². The van der Waals surface area contributed by atoms with Crippen LogP contribution in [0.2, 0.25) is 0 Å². The predicted molar refractivity (Wildman–Crippen MR) is 69.4 cm³/mol. The van der Waals surface area contributed by atoms with E-state index in [2.05, 4.69) is 5.32 Å². The van der Waals surface area contributed by atoms with Gasteiger partial charge >= 0.3 is 12.0 Å². The number of carbonyl (C=O) groups excluding carboxylic acids is 1. The first-order valence-corrected chi connectivity index (χ1v) is 6.69. The van der Waals surface area contributed by atoms with Crippen molar-refractivity contribution in [1.82, 2.24) is 10.2 Å². The number of carbonyl (C=O) groups is 2. The first-order chi connectivity index (χ1) is 8.49. The SMILES string of the molecule is CC(CCNC(=O)N(C)CC1CC1)CCC(=O)O. The zero-order valence-electron chi connectivity index (χ0n) is 11.3. The van der Waals surface area contributed by atoms with Gasteiger partial charge in [-0.25, -0.2) is 4.79 Å². The van der Waals surface area contributed by atoms with Crippen LogP contribution >= 0.6 is 0 Å². The Balaban J connectivity index is 2.04. The third-order valence-corrected chi connectivity index (χ3v) is 3.34. The van der Waals surface area contributed by atoms with E-state index in [1.54, 1.807) is 4.90 Å². The molecule has 0 heterocycles. The third-order valence-electron chi connectivity index (χ3n) is 3.34. The second-order valence-corrected chi connectivity index (χ2v) is 5.38. The lowest BCUT2D eigenvalue weighted by Gasteiger charge is -2.18. The van der Waals surface area contributed by atoms with E-state index < -0.39 is 5.97 Å². The van der Waals surface area contributed by atoms with Gasteiger partial charge in [0.2, 0.25) is 0 Å². The van der Waals surface area contributed by atoms with Gasteiger partial charge in [-0.15, -0.1) is 0 Å². The number of rotatable bonds is 8. The fraction of sp³-hybridized carbons (Fsp3) is 0.846. The molecule has 2 amide bonds. The highest BCUT2D eigenvalue weighted by Gasteiger charge is 2.24. The maximum absolute atomic E-state index is 11.7. The van der Waals surface area contributed by atoms with Gasteiger partial charge in [0.15, 0.2) is 0 Å². The topological polar surface area (TPSA) is 69.6 Å². The normalized spacial score (nSPS) is 16.1. The van der Waals surface area contributed by atoms with Crippen molar-refractivity contribution in [2.75, 3.05) is 20.1 Å². The summed E-state index contributed by atoms with van der Waals surface area (Å²) >= 11 is 0. The Morgan fingerprint density at radius 1 is 1.39 bits per heavy atom. The summed E-state index contributed by atoms with van der Waals surface area (Å²) in [7, 11) is 1.82. The molecule has 0 bridgehead atoms. The summed E-state index contributed by atoms with van der Waals surface area (Å²) in [5, 5.41) is 11.4. The number of hydrogen-bond acceptors (Lipinski definition) is 2. The molecule has 1 aliphatic carbocycles. The van der Waals surface area contributed by atoms with Crippen LogP contribution in [-0.2, 0) is 4.79 Å². The molecule has 1 unspecified atom stereocenters. The zero-order valence-corrected chi connectivity index (χ0v) is 11.3. The van der Waals surface area contributed by atoms with E-state index >= 15 is 0 Å². The molecule has 104 valence electrons. The summed E-state index contributed by atoms with van der Waals surface area (Å²) in [6.45, 7) is 3.48. The van der Waals surface area contributed by atoms with Crippen LogP contribution in [0.1, 0.15) is 39.0 Å². The van der Waals surface area contributed by atoms with E-state index in [9.17, 15) is 9.59 Å². The van der Waals surface area contributed by atoms with Gasteiger partial charge in [-0.05, 0) is 37.5 Å². The van der Waals surface area contributed by atoms with E-state index in [-0.39, 0.29) is 12.5 Å². The van der Waals surface area contributed by atoms with Gasteiger partial charge < -0.3 is 15.3 Å². The number of hydrogen-bond donors (Lipinski definition) is 2. The second kappa shape index (κ2) is 7.24. The summed E-state index contributed by atoms with van der Waals surface area (Å²) in [6.07, 6.45) is 4.18. The summed E-state index contributed by atoms with van der Waals surface area (Å²) < 4.78 is 0. The quantitative estimate of drug-likeness (QED) is 0.697. The highest BCUT2D eigenvalue weighted by Crippen LogP contribution is 2.29. The van der Waals surface area contributed by atoms with Gasteiger partial charge in [0.25, 0.3) is 0 Å². The highest BCUT2D eigenvalue weighted by atomic mass is 16.4. The van der Waals surface area contributed by atoms with E-state index in [4.69, 9.17) is 5.11 Å². The summed E-state index contributed by atoms with van der Waals surface area (Å²) in [5.41, 5.74) is 0. The van der Waals surface area contributed by atoms with Crippen molar-refractivity contribution in [3.8, 4) is 0 Å². The first-order valence-electron chi connectivity index (χ1n) is 6.69. The number of aliphatic carboxylic acids is 1. The fourth-order valence-electron chi connectivity index (χ4n) is 1.85. The van der Waals surface area contributed by atoms with Crippen LogP contribution in [0.25, 0.3) is 0 Å². The lowest BCUT2D eigenvalue weighted by molar-refractivity contribution is -0.137. The van der Waals surface area contributed by atoms with Crippen molar-refractivity contribution in [1.29, 1.82) is 0 Å². The standard InChI is InChI=1S/C13H24N2O3/c1-10(3-6-12(16)17)7-8-14-13(18)15(2)9-11-4-5-11/h10-11H,3-9H2,1-2H3,(H,14,18)(H,16,17). The molecule has 18 heavy (non-hydrogen) atoms. The van der Waals surface area contributed by atoms with Crippen LogP contribution in [0, 0.1) is 11.8 Å². The largest absolute Gasteiger partial charge is 0.481 e. The third kappa shape index (κ3) is 6.47. The van der Waals surface area contributed by atoms with Crippen molar-refractivity contribution in [2.24, 2.45) is 11.8 Å². The number of amides is 2. The molecule has 0 radical (unpaired) electrons. The van der Waals surface area contributed by atoms with Gasteiger partial charge in [-0.2, -0.15) is 0 Å². The fourth-order valence-corrected chi connectivity index (χ4v) is 1.85. The lowest BCUT2D eigenvalue weighted by atomic mass is 10.0. The molecule has 1 aliphatic rings. The number of carboxylic acids is 1. The maximum Gasteiger partial charge on any atom is 0.317 e. The molecule has 1 saturated carbocycles. The molecular weight excluding hydrogens is 232 g/mol. The molecule has 0 aromatic heterocycles. The van der Waals surface area contributed by atoms with Gasteiger partial charge in [-0.3, -0.25) is 4.79 Å². The molecule has 1 rings (SSSR count). The molecule has 0 aromatic carbocycles. The first kappa shape index (κ1) is 14.8. The minimum atomic E-state index is -0.755. The number of nitrogens with zero attached hydrogens (tertiary/aromatic N) is 1. The minimum Gasteiger partial charge on any atom is -0.481 e. The maximum atomic E-state index is 11.7. The van der Waals surface area contributed by atoms with Gasteiger partial charge in [0, 0.05) is 26.6 Å². The molecule has 5 nitrogen and oxygen atoms in total. The molecule has 0 saturated heterocycles. The van der Waals surface area contributed by atoms with Crippen LogP contribution in [-0.4, -0.2) is 42.1 Å². The van der Waals surface area contributed by atoms with Crippen LogP contribution in [0.3, 0.4) is 0 Å². The van der Waals surface area contributed by atoms with Crippen LogP contribution in [0.4, 0.5) is 4.79 Å². The van der Waals surface area contributed by atoms with E-state index in [0.717, 1.165) is 13.0 Å². The van der Waals surface area contributed by atoms with Gasteiger partial charge in [-0.1, -0.05) is 6.92 Å². The summed E-state index contributed by atoms with van der Waals surface area (Å²) in [5.74, 6) is 0.278. The van der Waals surface area contributed by atoms with Crippen molar-refractivity contribution >= 4 is 12.0 Å². The van der Waals surface area contributed by atoms with Gasteiger partial charge in [0.05, 0.1) is 0 Å². The number of nitrogens with one attached hydrogen (secondary N) is 1. The lowest BCUT2D eigenvalue weighted by Crippen LogP contribution is -2.39. The molecular formula is C13H24N2O3. The smallest absolute Gasteiger partial charge is 0.317 e. The average molecular weight is 256 g/mol. The highest BCUT2D eigenvalue weighted by molar-refractivity contribution is 5.73. The summed E-state index contributed by atoms with van der Waals surface area (Å²) in [4.78, 5) is 23.8. The van der Waals surface area contributed by atoms with Crippen LogP contribution in [0.5, 0.6) is 0 Å². The number of urea groups is 1. The Morgan fingerprint density at radius 2 is 2.06 bits per heavy atom. The van der Waals surface area contributed by atoms with Crippen LogP contribution < -0.4 is 5.32 Å². The predicted octanol–water partition coefficient (Wildman–Crippen LogP) is 1.93. The van der Waals surface area contributed by atoms with Gasteiger partial charge in [0.1, 0.15) is 0 Å². The molecule has 0 spiro atoms. The summed E-state index contributed by atoms with van der Waals surface area (Å²) in [6, 6.07) is -0.0210. The molecule has 5 heteroatoms. The van der Waals surface area contributed by atoms with Crippen molar-refractivity contribution in [3.05, 3.63) is 0 Å². The monoisotopic (exact) mass is 256 g/mol. The Kier molecular flexibility index (Phi) is 5.95. The second-order valence-electron chi connectivity index (χ2n) is 5.38. The molecule has 1 fully saturated rings. The number of carboxylic acid groups (broad SMARTS) is 1. The molecule has 0 aliphatic heterocycles. The van der Waals surface area contributed by atoms with E-state index in [1.165, 1.54) is 12.8 Å². The van der Waals surface area contributed by atoms with Crippen molar-refractivity contribution in [3.63, 3.8) is 0 Å². The van der Waals surface area contributed by atoms with Crippen LogP contribution in [0.15, 0.2) is 0 Å². The average Bonchev–Trinajstić information content (AvgIpc) is 3.10.